The van der Waals surface area contributed by atoms with Gasteiger partial charge < -0.3 is 0 Å². The molecule has 146 valence electrons. The molecule has 0 spiro atoms. The van der Waals surface area contributed by atoms with Crippen LogP contribution < -0.4 is 0 Å². The van der Waals surface area contributed by atoms with E-state index in [-0.39, 0.29) is 0 Å². The summed E-state index contributed by atoms with van der Waals surface area (Å²) in [7, 11) is 0. The normalized spacial score (nSPS) is 21.6. The van der Waals surface area contributed by atoms with Gasteiger partial charge in [-0.1, -0.05) is 89.1 Å². The van der Waals surface area contributed by atoms with Crippen molar-refractivity contribution in [2.45, 2.75) is 86.5 Å². The van der Waals surface area contributed by atoms with E-state index < -0.39 is 0 Å². The Bertz CT molecular complexity index is 763. The molecule has 3 aliphatic carbocycles. The van der Waals surface area contributed by atoms with E-state index in [2.05, 4.69) is 78.0 Å². The molecule has 0 aromatic heterocycles. The third-order valence-corrected chi connectivity index (χ3v) is 6.99. The van der Waals surface area contributed by atoms with E-state index in [4.69, 9.17) is 0 Å². The molecule has 0 bridgehead atoms. The minimum Gasteiger partial charge on any atom is -0.0646 e. The second-order valence-corrected chi connectivity index (χ2v) is 10.1. The van der Waals surface area contributed by atoms with Gasteiger partial charge in [0.05, 0.1) is 0 Å². The Kier molecular flexibility index (Phi) is 5.84. The molecule has 0 N–H and O–H groups in total. The average molecular weight is 363 g/mol. The van der Waals surface area contributed by atoms with Gasteiger partial charge >= 0.3 is 0 Å². The van der Waals surface area contributed by atoms with Crippen LogP contribution in [0.3, 0.4) is 0 Å². The van der Waals surface area contributed by atoms with Crippen LogP contribution in [0.5, 0.6) is 0 Å². The fraction of sp³-hybridized carbons (Fsp3) is 0.556. The fourth-order valence-corrected chi connectivity index (χ4v) is 4.40. The summed E-state index contributed by atoms with van der Waals surface area (Å²) in [5.74, 6) is 0. The molecule has 0 heterocycles. The lowest BCUT2D eigenvalue weighted by molar-refractivity contribution is 0.412. The molecule has 0 aromatic rings. The minimum absolute atomic E-state index is 0.308. The second-order valence-electron chi connectivity index (χ2n) is 10.1. The molecule has 0 aliphatic heterocycles. The summed E-state index contributed by atoms with van der Waals surface area (Å²) in [5, 5.41) is 0. The summed E-state index contributed by atoms with van der Waals surface area (Å²) in [4.78, 5) is 0. The summed E-state index contributed by atoms with van der Waals surface area (Å²) in [6.07, 6.45) is 22.9. The van der Waals surface area contributed by atoms with E-state index >= 15 is 0 Å². The zero-order chi connectivity index (χ0) is 19.7. The average Bonchev–Trinajstić information content (AvgIpc) is 2.68. The van der Waals surface area contributed by atoms with Crippen LogP contribution in [0.4, 0.5) is 0 Å². The van der Waals surface area contributed by atoms with Gasteiger partial charge in [-0.3, -0.25) is 0 Å². The maximum absolute atomic E-state index is 2.41. The molecule has 27 heavy (non-hydrogen) atoms. The monoisotopic (exact) mass is 362 g/mol. The molecule has 0 nitrogen and oxygen atoms in total. The zero-order valence-electron chi connectivity index (χ0n) is 18.4. The molecular formula is C27H38. The maximum Gasteiger partial charge on any atom is -0.0144 e. The van der Waals surface area contributed by atoms with Crippen molar-refractivity contribution in [3.8, 4) is 0 Å². The zero-order valence-corrected chi connectivity index (χ0v) is 18.4. The summed E-state index contributed by atoms with van der Waals surface area (Å²) < 4.78 is 0. The van der Waals surface area contributed by atoms with Crippen LogP contribution in [-0.4, -0.2) is 0 Å². The summed E-state index contributed by atoms with van der Waals surface area (Å²) in [6.45, 7) is 14.0. The van der Waals surface area contributed by atoms with Gasteiger partial charge in [-0.15, -0.1) is 0 Å². The van der Waals surface area contributed by atoms with E-state index in [0.717, 1.165) is 0 Å². The third kappa shape index (κ3) is 4.65. The van der Waals surface area contributed by atoms with Gasteiger partial charge in [0.15, 0.2) is 0 Å². The Morgan fingerprint density at radius 2 is 0.926 bits per heavy atom. The molecule has 0 fully saturated rings. The molecule has 0 saturated heterocycles. The standard InChI is InChI=1S/C27H38/c1-7-27(5,6)25-18-14-23(15-19-25)21-10-8-20(9-11-21)22-12-16-24(17-13-22)26(2,3)4/h8,10,12,14,16,18H,7,9,11,13,15,17,19H2,1-6H3. The predicted octanol–water partition coefficient (Wildman–Crippen LogP) is 8.41. The number of allylic oxidation sites excluding steroid dienone is 12. The van der Waals surface area contributed by atoms with Crippen molar-refractivity contribution < 1.29 is 0 Å². The quantitative estimate of drug-likeness (QED) is 0.471. The highest BCUT2D eigenvalue weighted by molar-refractivity contribution is 5.48. The number of hydrogen-bond donors (Lipinski definition) is 0. The SMILES string of the molecule is CCC(C)(C)C1=CC=C(C2=CC=C(C3=CC=C(C(C)(C)C)CC3)CC2)CC1. The van der Waals surface area contributed by atoms with Crippen LogP contribution in [0.15, 0.2) is 69.9 Å². The van der Waals surface area contributed by atoms with Gasteiger partial charge in [-0.25, -0.2) is 0 Å². The second kappa shape index (κ2) is 7.82. The van der Waals surface area contributed by atoms with Crippen LogP contribution in [0.2, 0.25) is 0 Å². The van der Waals surface area contributed by atoms with Crippen LogP contribution in [0.25, 0.3) is 0 Å². The van der Waals surface area contributed by atoms with Crippen LogP contribution in [-0.2, 0) is 0 Å². The maximum atomic E-state index is 2.41. The summed E-state index contributed by atoms with van der Waals surface area (Å²) in [6, 6.07) is 0. The van der Waals surface area contributed by atoms with Crippen LogP contribution in [0, 0.1) is 10.8 Å². The molecule has 0 radical (unpaired) electrons. The molecule has 0 unspecified atom stereocenters. The minimum atomic E-state index is 0.308. The predicted molar refractivity (Wildman–Crippen MR) is 120 cm³/mol. The van der Waals surface area contributed by atoms with E-state index in [1.54, 1.807) is 33.4 Å². The van der Waals surface area contributed by atoms with Gasteiger partial charge in [0.2, 0.25) is 0 Å². The van der Waals surface area contributed by atoms with Gasteiger partial charge in [0, 0.05) is 0 Å². The van der Waals surface area contributed by atoms with Crippen molar-refractivity contribution in [1.82, 2.24) is 0 Å². The lowest BCUT2D eigenvalue weighted by Crippen LogP contribution is -2.15. The molecule has 0 saturated carbocycles. The van der Waals surface area contributed by atoms with Crippen molar-refractivity contribution in [3.05, 3.63) is 69.9 Å². The Hall–Kier alpha value is -1.56. The van der Waals surface area contributed by atoms with Crippen molar-refractivity contribution in [2.75, 3.05) is 0 Å². The van der Waals surface area contributed by atoms with E-state index in [1.165, 1.54) is 44.9 Å². The summed E-state index contributed by atoms with van der Waals surface area (Å²) >= 11 is 0. The van der Waals surface area contributed by atoms with Gasteiger partial charge in [0.25, 0.3) is 0 Å². The first-order valence-corrected chi connectivity index (χ1v) is 10.9. The summed E-state index contributed by atoms with van der Waals surface area (Å²) in [5.41, 5.74) is 10.1. The van der Waals surface area contributed by atoms with Crippen LogP contribution in [0.1, 0.15) is 86.5 Å². The highest BCUT2D eigenvalue weighted by Crippen LogP contribution is 2.40. The van der Waals surface area contributed by atoms with E-state index in [9.17, 15) is 0 Å². The lowest BCUT2D eigenvalue weighted by Gasteiger charge is -2.30. The molecule has 3 aliphatic rings. The fourth-order valence-electron chi connectivity index (χ4n) is 4.40. The molecule has 3 rings (SSSR count). The largest absolute Gasteiger partial charge is 0.0646 e. The first kappa shape index (κ1) is 20.2. The highest BCUT2D eigenvalue weighted by atomic mass is 14.3. The molecular weight excluding hydrogens is 324 g/mol. The van der Waals surface area contributed by atoms with Crippen LogP contribution >= 0.6 is 0 Å². The Morgan fingerprint density at radius 1 is 0.556 bits per heavy atom. The molecule has 0 heteroatoms. The topological polar surface area (TPSA) is 0 Å². The number of hydrogen-bond acceptors (Lipinski definition) is 0. The van der Waals surface area contributed by atoms with Gasteiger partial charge in [-0.05, 0) is 78.1 Å². The third-order valence-electron chi connectivity index (χ3n) is 6.99. The smallest absolute Gasteiger partial charge is 0.0144 e. The van der Waals surface area contributed by atoms with Crippen molar-refractivity contribution in [1.29, 1.82) is 0 Å². The lowest BCUT2D eigenvalue weighted by atomic mass is 9.75. The van der Waals surface area contributed by atoms with E-state index in [1.807, 2.05) is 0 Å². The van der Waals surface area contributed by atoms with Crippen molar-refractivity contribution in [2.24, 2.45) is 10.8 Å². The molecule has 0 aromatic carbocycles. The van der Waals surface area contributed by atoms with Gasteiger partial charge in [-0.2, -0.15) is 0 Å². The molecule has 0 atom stereocenters. The van der Waals surface area contributed by atoms with Crippen molar-refractivity contribution >= 4 is 0 Å². The Morgan fingerprint density at radius 3 is 1.22 bits per heavy atom. The first-order valence-electron chi connectivity index (χ1n) is 10.9. The highest BCUT2D eigenvalue weighted by Gasteiger charge is 2.24. The molecule has 0 amide bonds. The Balaban J connectivity index is 1.73. The Labute approximate surface area is 167 Å². The van der Waals surface area contributed by atoms with Crippen molar-refractivity contribution in [3.63, 3.8) is 0 Å². The number of rotatable bonds is 4. The van der Waals surface area contributed by atoms with Gasteiger partial charge in [0.1, 0.15) is 0 Å². The van der Waals surface area contributed by atoms with E-state index in [0.29, 0.717) is 10.8 Å². The first-order chi connectivity index (χ1) is 12.7.